The maximum atomic E-state index is 5.26. The summed E-state index contributed by atoms with van der Waals surface area (Å²) in [7, 11) is 1.68. The topological polar surface area (TPSA) is 47.0 Å². The molecule has 0 radical (unpaired) electrons. The van der Waals surface area contributed by atoms with E-state index in [0.29, 0.717) is 0 Å². The van der Waals surface area contributed by atoms with E-state index in [1.807, 2.05) is 25.1 Å². The number of aryl methyl sites for hydroxylation is 1. The van der Waals surface area contributed by atoms with Gasteiger partial charge in [0.2, 0.25) is 0 Å². The van der Waals surface area contributed by atoms with Crippen molar-refractivity contribution in [3.05, 3.63) is 53.6 Å². The molecule has 0 aliphatic heterocycles. The van der Waals surface area contributed by atoms with Crippen molar-refractivity contribution in [2.75, 3.05) is 7.11 Å². The minimum Gasteiger partial charge on any atom is -0.497 e. The minimum absolute atomic E-state index is 0.143. The third-order valence-electron chi connectivity index (χ3n) is 3.42. The van der Waals surface area contributed by atoms with Gasteiger partial charge in [-0.15, -0.1) is 0 Å². The van der Waals surface area contributed by atoms with Gasteiger partial charge in [-0.25, -0.2) is 0 Å². The number of methoxy groups -OCH3 is 1. The molecule has 0 spiro atoms. The van der Waals surface area contributed by atoms with Crippen LogP contribution in [0.25, 0.3) is 0 Å². The molecule has 2 atom stereocenters. The van der Waals surface area contributed by atoms with Crippen molar-refractivity contribution < 1.29 is 4.74 Å². The van der Waals surface area contributed by atoms with Gasteiger partial charge in [0.15, 0.2) is 0 Å². The Morgan fingerprint density at radius 2 is 1.85 bits per heavy atom. The van der Waals surface area contributed by atoms with E-state index in [1.54, 1.807) is 19.5 Å². The van der Waals surface area contributed by atoms with Crippen molar-refractivity contribution in [2.24, 2.45) is 0 Å². The Morgan fingerprint density at radius 3 is 2.55 bits per heavy atom. The van der Waals surface area contributed by atoms with Gasteiger partial charge in [-0.1, -0.05) is 12.1 Å². The van der Waals surface area contributed by atoms with Gasteiger partial charge in [-0.3, -0.25) is 9.97 Å². The molecular formula is C16H21N3O. The van der Waals surface area contributed by atoms with Crippen molar-refractivity contribution in [2.45, 2.75) is 32.9 Å². The first-order chi connectivity index (χ1) is 9.61. The molecule has 1 heterocycles. The van der Waals surface area contributed by atoms with E-state index < -0.39 is 0 Å². The molecule has 0 saturated carbocycles. The maximum Gasteiger partial charge on any atom is 0.119 e. The Hall–Kier alpha value is -1.94. The van der Waals surface area contributed by atoms with E-state index in [2.05, 4.69) is 35.2 Å². The smallest absolute Gasteiger partial charge is 0.119 e. The minimum atomic E-state index is 0.143. The lowest BCUT2D eigenvalue weighted by atomic mass is 10.1. The molecule has 20 heavy (non-hydrogen) atoms. The van der Waals surface area contributed by atoms with Crippen LogP contribution in [0.1, 0.15) is 42.9 Å². The normalized spacial score (nSPS) is 13.8. The highest BCUT2D eigenvalue weighted by molar-refractivity contribution is 5.30. The third-order valence-corrected chi connectivity index (χ3v) is 3.42. The fourth-order valence-corrected chi connectivity index (χ4v) is 2.30. The summed E-state index contributed by atoms with van der Waals surface area (Å²) in [5.41, 5.74) is 3.14. The fraction of sp³-hybridized carbons (Fsp3) is 0.375. The molecule has 0 aliphatic carbocycles. The predicted octanol–water partition coefficient (Wildman–Crippen LogP) is 3.21. The van der Waals surface area contributed by atoms with Crippen molar-refractivity contribution in [3.8, 4) is 5.75 Å². The zero-order valence-electron chi connectivity index (χ0n) is 12.4. The summed E-state index contributed by atoms with van der Waals surface area (Å²) < 4.78 is 5.26. The quantitative estimate of drug-likeness (QED) is 0.907. The predicted molar refractivity (Wildman–Crippen MR) is 79.7 cm³/mol. The van der Waals surface area contributed by atoms with E-state index in [9.17, 15) is 0 Å². The summed E-state index contributed by atoms with van der Waals surface area (Å²) in [6.45, 7) is 6.22. The Balaban J connectivity index is 2.11. The summed E-state index contributed by atoms with van der Waals surface area (Å²) in [6.07, 6.45) is 3.45. The molecule has 1 aromatic heterocycles. The number of benzene rings is 1. The molecule has 106 valence electrons. The summed E-state index contributed by atoms with van der Waals surface area (Å²) in [6, 6.07) is 8.45. The number of ether oxygens (including phenoxy) is 1. The first-order valence-electron chi connectivity index (χ1n) is 6.79. The van der Waals surface area contributed by atoms with Crippen molar-refractivity contribution in [1.82, 2.24) is 15.3 Å². The van der Waals surface area contributed by atoms with Crippen LogP contribution < -0.4 is 10.1 Å². The molecule has 4 nitrogen and oxygen atoms in total. The molecule has 4 heteroatoms. The second kappa shape index (κ2) is 6.48. The number of hydrogen-bond acceptors (Lipinski definition) is 4. The molecular weight excluding hydrogens is 250 g/mol. The second-order valence-electron chi connectivity index (χ2n) is 4.91. The number of aromatic nitrogens is 2. The van der Waals surface area contributed by atoms with Gasteiger partial charge in [0.1, 0.15) is 5.75 Å². The molecule has 1 aromatic carbocycles. The molecule has 0 amide bonds. The highest BCUT2D eigenvalue weighted by Gasteiger charge is 2.14. The molecule has 2 rings (SSSR count). The highest BCUT2D eigenvalue weighted by Crippen LogP contribution is 2.22. The van der Waals surface area contributed by atoms with Crippen LogP contribution in [0.3, 0.4) is 0 Å². The van der Waals surface area contributed by atoms with E-state index in [1.165, 1.54) is 5.56 Å². The van der Waals surface area contributed by atoms with Crippen LogP contribution in [0.4, 0.5) is 0 Å². The lowest BCUT2D eigenvalue weighted by Crippen LogP contribution is -2.24. The van der Waals surface area contributed by atoms with Gasteiger partial charge in [0.25, 0.3) is 0 Å². The van der Waals surface area contributed by atoms with Gasteiger partial charge in [-0.05, 0) is 38.5 Å². The van der Waals surface area contributed by atoms with E-state index in [0.717, 1.165) is 17.1 Å². The van der Waals surface area contributed by atoms with Crippen LogP contribution in [-0.2, 0) is 0 Å². The van der Waals surface area contributed by atoms with Crippen LogP contribution >= 0.6 is 0 Å². The Labute approximate surface area is 120 Å². The van der Waals surface area contributed by atoms with E-state index in [-0.39, 0.29) is 12.1 Å². The maximum absolute atomic E-state index is 5.26. The lowest BCUT2D eigenvalue weighted by Gasteiger charge is -2.21. The molecule has 2 aromatic rings. The Morgan fingerprint density at radius 1 is 1.10 bits per heavy atom. The van der Waals surface area contributed by atoms with E-state index >= 15 is 0 Å². The zero-order valence-corrected chi connectivity index (χ0v) is 12.4. The summed E-state index contributed by atoms with van der Waals surface area (Å²) in [5, 5.41) is 3.55. The van der Waals surface area contributed by atoms with Gasteiger partial charge >= 0.3 is 0 Å². The summed E-state index contributed by atoms with van der Waals surface area (Å²) in [5.74, 6) is 0.875. The van der Waals surface area contributed by atoms with Gasteiger partial charge in [0.05, 0.1) is 18.5 Å². The van der Waals surface area contributed by atoms with Crippen LogP contribution in [-0.4, -0.2) is 17.1 Å². The van der Waals surface area contributed by atoms with Crippen LogP contribution in [0.15, 0.2) is 36.7 Å². The average molecular weight is 271 g/mol. The lowest BCUT2D eigenvalue weighted by molar-refractivity contribution is 0.412. The van der Waals surface area contributed by atoms with Gasteiger partial charge in [-0.2, -0.15) is 0 Å². The Bertz CT molecular complexity index is 571. The van der Waals surface area contributed by atoms with Crippen molar-refractivity contribution in [1.29, 1.82) is 0 Å². The first-order valence-corrected chi connectivity index (χ1v) is 6.79. The van der Waals surface area contributed by atoms with Gasteiger partial charge < -0.3 is 10.1 Å². The molecule has 0 fully saturated rings. The molecule has 0 saturated heterocycles. The van der Waals surface area contributed by atoms with E-state index in [4.69, 9.17) is 4.74 Å². The highest BCUT2D eigenvalue weighted by atomic mass is 16.5. The van der Waals surface area contributed by atoms with Crippen LogP contribution in [0, 0.1) is 6.92 Å². The largest absolute Gasteiger partial charge is 0.497 e. The first kappa shape index (κ1) is 14.5. The average Bonchev–Trinajstić information content (AvgIpc) is 2.47. The zero-order chi connectivity index (χ0) is 14.5. The number of nitrogens with zero attached hydrogens (tertiary/aromatic N) is 2. The van der Waals surface area contributed by atoms with Gasteiger partial charge in [0, 0.05) is 24.5 Å². The van der Waals surface area contributed by atoms with Crippen molar-refractivity contribution >= 4 is 0 Å². The number of nitrogens with one attached hydrogen (secondary N) is 1. The number of rotatable bonds is 5. The Kier molecular flexibility index (Phi) is 4.69. The summed E-state index contributed by atoms with van der Waals surface area (Å²) in [4.78, 5) is 8.69. The summed E-state index contributed by atoms with van der Waals surface area (Å²) >= 11 is 0. The van der Waals surface area contributed by atoms with Crippen LogP contribution in [0.5, 0.6) is 5.75 Å². The fourth-order valence-electron chi connectivity index (χ4n) is 2.30. The molecule has 1 N–H and O–H groups in total. The monoisotopic (exact) mass is 271 g/mol. The third kappa shape index (κ3) is 3.33. The molecule has 2 unspecified atom stereocenters. The standard InChI is InChI=1S/C16H21N3O/c1-11(14-6-5-7-15(10-14)20-4)19-13(3)16-12(2)17-8-9-18-16/h5-11,13,19H,1-4H3. The van der Waals surface area contributed by atoms with Crippen molar-refractivity contribution in [3.63, 3.8) is 0 Å². The molecule has 0 bridgehead atoms. The second-order valence-corrected chi connectivity index (χ2v) is 4.91. The SMILES string of the molecule is COc1cccc(C(C)NC(C)c2nccnc2C)c1. The van der Waals surface area contributed by atoms with Crippen LogP contribution in [0.2, 0.25) is 0 Å². The molecule has 0 aliphatic rings. The number of hydrogen-bond donors (Lipinski definition) is 1.